The molecule has 0 radical (unpaired) electrons. The molecule has 1 aliphatic carbocycles. The van der Waals surface area contributed by atoms with Crippen molar-refractivity contribution in [2.75, 3.05) is 13.2 Å². The van der Waals surface area contributed by atoms with Crippen LogP contribution in [-0.2, 0) is 4.79 Å². The van der Waals surface area contributed by atoms with Crippen LogP contribution in [0.5, 0.6) is 5.75 Å². The molecule has 0 aromatic heterocycles. The van der Waals surface area contributed by atoms with Gasteiger partial charge in [-0.1, -0.05) is 13.0 Å². The minimum Gasteiger partial charge on any atom is -0.491 e. The molecule has 0 bridgehead atoms. The Morgan fingerprint density at radius 1 is 1.52 bits per heavy atom. The van der Waals surface area contributed by atoms with Crippen LogP contribution in [0.2, 0.25) is 0 Å². The number of hydrogen-bond acceptors (Lipinski definition) is 3. The molecule has 1 atom stereocenters. The minimum absolute atomic E-state index is 0.136. The largest absolute Gasteiger partial charge is 0.491 e. The molecule has 3 N–H and O–H groups in total. The fourth-order valence-electron chi connectivity index (χ4n) is 2.52. The van der Waals surface area contributed by atoms with Gasteiger partial charge in [0, 0.05) is 6.07 Å². The molecule has 1 amide bonds. The lowest BCUT2D eigenvalue weighted by Gasteiger charge is -2.32. The first kappa shape index (κ1) is 15.8. The van der Waals surface area contributed by atoms with Crippen molar-refractivity contribution in [2.45, 2.75) is 38.6 Å². The molecule has 2 rings (SSSR count). The van der Waals surface area contributed by atoms with Crippen molar-refractivity contribution in [3.63, 3.8) is 0 Å². The molecule has 4 nitrogen and oxygen atoms in total. The minimum atomic E-state index is -0.852. The number of hydrogen-bond donors (Lipinski definition) is 2. The van der Waals surface area contributed by atoms with Gasteiger partial charge in [-0.05, 0) is 50.3 Å². The molecule has 5 heteroatoms. The first-order chi connectivity index (χ1) is 9.99. The van der Waals surface area contributed by atoms with Crippen molar-refractivity contribution in [3.05, 3.63) is 29.6 Å². The lowest BCUT2D eigenvalue weighted by molar-refractivity contribution is -0.126. The summed E-state index contributed by atoms with van der Waals surface area (Å²) >= 11 is 0. The molecular formula is C16H23FN2O2. The first-order valence-electron chi connectivity index (χ1n) is 7.43. The third-order valence-corrected chi connectivity index (χ3v) is 4.01. The van der Waals surface area contributed by atoms with Gasteiger partial charge in [0.15, 0.2) is 0 Å². The average Bonchev–Trinajstić information content (AvgIpc) is 3.27. The number of rotatable bonds is 8. The van der Waals surface area contributed by atoms with Crippen molar-refractivity contribution in [2.24, 2.45) is 11.7 Å². The highest BCUT2D eigenvalue weighted by molar-refractivity contribution is 5.85. The number of primary amides is 1. The summed E-state index contributed by atoms with van der Waals surface area (Å²) in [5, 5.41) is 3.26. The van der Waals surface area contributed by atoms with Gasteiger partial charge in [-0.15, -0.1) is 0 Å². The van der Waals surface area contributed by atoms with Gasteiger partial charge in [-0.2, -0.15) is 0 Å². The third-order valence-electron chi connectivity index (χ3n) is 4.01. The van der Waals surface area contributed by atoms with E-state index in [2.05, 4.69) is 5.32 Å². The number of amides is 1. The molecule has 1 saturated carbocycles. The number of nitrogens with one attached hydrogen (secondary N) is 1. The van der Waals surface area contributed by atoms with Crippen molar-refractivity contribution >= 4 is 5.91 Å². The molecule has 1 aromatic carbocycles. The van der Waals surface area contributed by atoms with Gasteiger partial charge < -0.3 is 15.8 Å². The second-order valence-electron chi connectivity index (χ2n) is 5.74. The van der Waals surface area contributed by atoms with E-state index in [1.807, 2.05) is 13.8 Å². The molecule has 1 aliphatic rings. The van der Waals surface area contributed by atoms with Crippen LogP contribution >= 0.6 is 0 Å². The van der Waals surface area contributed by atoms with E-state index in [0.717, 1.165) is 24.8 Å². The molecule has 21 heavy (non-hydrogen) atoms. The van der Waals surface area contributed by atoms with Gasteiger partial charge in [0.2, 0.25) is 5.91 Å². The Labute approximate surface area is 124 Å². The van der Waals surface area contributed by atoms with Crippen LogP contribution in [0.3, 0.4) is 0 Å². The van der Waals surface area contributed by atoms with Crippen LogP contribution < -0.4 is 15.8 Å². The van der Waals surface area contributed by atoms with Crippen LogP contribution in [-0.4, -0.2) is 24.6 Å². The van der Waals surface area contributed by atoms with E-state index < -0.39 is 11.4 Å². The maximum absolute atomic E-state index is 13.3. The quantitative estimate of drug-likeness (QED) is 0.772. The molecule has 0 saturated heterocycles. The lowest BCUT2D eigenvalue weighted by atomic mass is 9.93. The zero-order chi connectivity index (χ0) is 15.5. The highest BCUT2D eigenvalue weighted by atomic mass is 19.1. The van der Waals surface area contributed by atoms with Gasteiger partial charge in [-0.25, -0.2) is 4.39 Å². The summed E-state index contributed by atoms with van der Waals surface area (Å²) in [6.07, 6.45) is 2.83. The third kappa shape index (κ3) is 3.53. The second kappa shape index (κ2) is 6.43. The van der Waals surface area contributed by atoms with Crippen LogP contribution in [0.15, 0.2) is 18.2 Å². The smallest absolute Gasteiger partial charge is 0.241 e. The fraction of sp³-hybridized carbons (Fsp3) is 0.562. The van der Waals surface area contributed by atoms with Crippen LogP contribution in [0.1, 0.15) is 31.7 Å². The van der Waals surface area contributed by atoms with Crippen molar-refractivity contribution in [1.29, 1.82) is 0 Å². The number of benzene rings is 1. The van der Waals surface area contributed by atoms with Crippen LogP contribution in [0, 0.1) is 18.7 Å². The fourth-order valence-corrected chi connectivity index (χ4v) is 2.52. The summed E-state index contributed by atoms with van der Waals surface area (Å²) in [6, 6.07) is 4.39. The predicted octanol–water partition coefficient (Wildman–Crippen LogP) is 2.15. The van der Waals surface area contributed by atoms with E-state index in [0.29, 0.717) is 12.3 Å². The van der Waals surface area contributed by atoms with Crippen molar-refractivity contribution in [1.82, 2.24) is 5.32 Å². The molecule has 0 heterocycles. The Morgan fingerprint density at radius 3 is 2.81 bits per heavy atom. The monoisotopic (exact) mass is 294 g/mol. The van der Waals surface area contributed by atoms with E-state index in [4.69, 9.17) is 10.5 Å². The van der Waals surface area contributed by atoms with Crippen LogP contribution in [0.25, 0.3) is 0 Å². The number of carbonyl (C=O) groups excluding carboxylic acids is 1. The maximum Gasteiger partial charge on any atom is 0.241 e. The summed E-state index contributed by atoms with van der Waals surface area (Å²) in [7, 11) is 0. The average molecular weight is 294 g/mol. The lowest BCUT2D eigenvalue weighted by Crippen LogP contribution is -2.61. The van der Waals surface area contributed by atoms with E-state index >= 15 is 0 Å². The highest BCUT2D eigenvalue weighted by Crippen LogP contribution is 2.40. The van der Waals surface area contributed by atoms with E-state index in [1.54, 1.807) is 6.07 Å². The molecule has 0 aliphatic heterocycles. The Bertz CT molecular complexity index is 517. The van der Waals surface area contributed by atoms with Gasteiger partial charge in [0.1, 0.15) is 23.7 Å². The van der Waals surface area contributed by atoms with E-state index in [-0.39, 0.29) is 18.3 Å². The highest BCUT2D eigenvalue weighted by Gasteiger charge is 2.50. The molecular weight excluding hydrogens is 271 g/mol. The second-order valence-corrected chi connectivity index (χ2v) is 5.74. The van der Waals surface area contributed by atoms with Crippen molar-refractivity contribution in [3.8, 4) is 5.75 Å². The van der Waals surface area contributed by atoms with Gasteiger partial charge in [-0.3, -0.25) is 4.79 Å². The normalized spacial score (nSPS) is 17.3. The summed E-state index contributed by atoms with van der Waals surface area (Å²) in [5.41, 5.74) is 5.61. The predicted molar refractivity (Wildman–Crippen MR) is 79.6 cm³/mol. The molecule has 1 aromatic rings. The van der Waals surface area contributed by atoms with E-state index in [9.17, 15) is 9.18 Å². The van der Waals surface area contributed by atoms with Gasteiger partial charge in [0.25, 0.3) is 0 Å². The summed E-state index contributed by atoms with van der Waals surface area (Å²) in [4.78, 5) is 12.0. The number of carbonyl (C=O) groups is 1. The van der Waals surface area contributed by atoms with Crippen LogP contribution in [0.4, 0.5) is 4.39 Å². The zero-order valence-corrected chi connectivity index (χ0v) is 12.6. The van der Waals surface area contributed by atoms with Crippen molar-refractivity contribution < 1.29 is 13.9 Å². The standard InChI is InChI=1S/C16H23FN2O2/c1-3-8-19-16(15(18)20,12-5-6-12)10-21-14-9-13(17)7-4-11(14)2/h4,7,9,12,19H,3,5-6,8,10H2,1-2H3,(H2,18,20). The van der Waals surface area contributed by atoms with Gasteiger partial charge >= 0.3 is 0 Å². The Hall–Kier alpha value is -1.62. The van der Waals surface area contributed by atoms with Gasteiger partial charge in [0.05, 0.1) is 0 Å². The Kier molecular flexibility index (Phi) is 4.83. The molecule has 1 unspecified atom stereocenters. The summed E-state index contributed by atoms with van der Waals surface area (Å²) < 4.78 is 19.1. The topological polar surface area (TPSA) is 64.3 Å². The van der Waals surface area contributed by atoms with E-state index in [1.165, 1.54) is 12.1 Å². The number of halogens is 1. The molecule has 116 valence electrons. The number of aryl methyl sites for hydroxylation is 1. The molecule has 1 fully saturated rings. The first-order valence-corrected chi connectivity index (χ1v) is 7.43. The summed E-state index contributed by atoms with van der Waals surface area (Å²) in [5.74, 6) is -0.0873. The summed E-state index contributed by atoms with van der Waals surface area (Å²) in [6.45, 7) is 4.71. The number of ether oxygens (including phenoxy) is 1. The maximum atomic E-state index is 13.3. The molecule has 0 spiro atoms. The Morgan fingerprint density at radius 2 is 2.24 bits per heavy atom. The Balaban J connectivity index is 2.15. The number of nitrogens with two attached hydrogens (primary N) is 1. The SMILES string of the molecule is CCCNC(COc1cc(F)ccc1C)(C(N)=O)C1CC1. The zero-order valence-electron chi connectivity index (χ0n) is 12.6.